The number of aliphatic hydroxyl groups is 1. The van der Waals surface area contributed by atoms with Crippen molar-refractivity contribution in [2.75, 3.05) is 588 Å². The Morgan fingerprint density at radius 2 is 0.118 bits per heavy atom. The Labute approximate surface area is 811 Å². The first-order valence-corrected chi connectivity index (χ1v) is 48.9. The van der Waals surface area contributed by atoms with Gasteiger partial charge in [0.05, 0.1) is 581 Å². The summed E-state index contributed by atoms with van der Waals surface area (Å²) < 4.78 is 242. The lowest BCUT2D eigenvalue weighted by molar-refractivity contribution is -0.0329. The fraction of sp³-hybridized carbons (Fsp3) is 1.00. The largest absolute Gasteiger partial charge is 0.394 e. The second-order valence-electron chi connectivity index (χ2n) is 27.7. The lowest BCUT2D eigenvalue weighted by atomic mass is 10.5. The van der Waals surface area contributed by atoms with Crippen molar-refractivity contribution < 1.29 is 214 Å². The van der Waals surface area contributed by atoms with Gasteiger partial charge in [0.2, 0.25) is 0 Å². The molecule has 0 aliphatic rings. The van der Waals surface area contributed by atoms with Crippen molar-refractivity contribution in [2.24, 2.45) is 0 Å². The second-order valence-corrected chi connectivity index (χ2v) is 27.7. The second kappa shape index (κ2) is 133. The van der Waals surface area contributed by atoms with Crippen LogP contribution in [-0.4, -0.2) is 593 Å². The van der Waals surface area contributed by atoms with E-state index < -0.39 is 0 Å². The molecule has 0 atom stereocenters. The van der Waals surface area contributed by atoms with Crippen molar-refractivity contribution in [1.29, 1.82) is 0 Å². The van der Waals surface area contributed by atoms with Crippen molar-refractivity contribution in [2.45, 2.75) is 13.3 Å². The van der Waals surface area contributed by atoms with E-state index in [2.05, 4.69) is 6.92 Å². The van der Waals surface area contributed by atoms with Crippen LogP contribution in [0.4, 0.5) is 0 Å². The first kappa shape index (κ1) is 134. The van der Waals surface area contributed by atoms with Crippen LogP contribution in [0.15, 0.2) is 0 Å². The third-order valence-corrected chi connectivity index (χ3v) is 16.6. The predicted octanol–water partition coefficient (Wildman–Crippen LogP) is 1.12. The Morgan fingerprint density at radius 1 is 0.0735 bits per heavy atom. The molecule has 0 aliphatic carbocycles. The Bertz CT molecular complexity index is 1730. The van der Waals surface area contributed by atoms with Crippen molar-refractivity contribution in [3.63, 3.8) is 0 Å². The molecule has 0 heterocycles. The highest BCUT2D eigenvalue weighted by molar-refractivity contribution is 4.49. The molecule has 0 unspecified atom stereocenters. The lowest BCUT2D eigenvalue weighted by Crippen LogP contribution is -2.16. The van der Waals surface area contributed by atoms with Gasteiger partial charge in [0.25, 0.3) is 0 Å². The van der Waals surface area contributed by atoms with Crippen LogP contribution in [0.3, 0.4) is 0 Å². The molecule has 0 fully saturated rings. The quantitative estimate of drug-likeness (QED) is 0.0834. The number of ether oxygens (including phenoxy) is 44. The summed E-state index contributed by atoms with van der Waals surface area (Å²) in [7, 11) is 0. The Balaban J connectivity index is 3.10. The smallest absolute Gasteiger partial charge is 0.0701 e. The summed E-state index contributed by atoms with van der Waals surface area (Å²) in [5.41, 5.74) is 0. The van der Waals surface area contributed by atoms with E-state index >= 15 is 0 Å². The van der Waals surface area contributed by atoms with Gasteiger partial charge < -0.3 is 214 Å². The molecule has 0 aromatic rings. The molecule has 136 heavy (non-hydrogen) atoms. The van der Waals surface area contributed by atoms with E-state index in [4.69, 9.17) is 214 Å². The average Bonchev–Trinajstić information content (AvgIpc) is 1.10. The molecular weight excluding hydrogens is 1810 g/mol. The molecule has 0 rings (SSSR count). The molecule has 0 spiro atoms. The van der Waals surface area contributed by atoms with Crippen molar-refractivity contribution in [3.8, 4) is 0 Å². The van der Waals surface area contributed by atoms with Gasteiger partial charge in [-0.25, -0.2) is 0 Å². The van der Waals surface area contributed by atoms with E-state index in [0.717, 1.165) is 13.0 Å². The maximum Gasteiger partial charge on any atom is 0.0701 e. The summed E-state index contributed by atoms with van der Waals surface area (Å²) in [6.07, 6.45) is 1.01. The minimum Gasteiger partial charge on any atom is -0.394 e. The highest BCUT2D eigenvalue weighted by Crippen LogP contribution is 1.97. The highest BCUT2D eigenvalue weighted by Gasteiger charge is 2.06. The zero-order valence-electron chi connectivity index (χ0n) is 83.0. The first-order chi connectivity index (χ1) is 67.9. The molecule has 0 saturated heterocycles. The van der Waals surface area contributed by atoms with Crippen LogP contribution in [0, 0.1) is 0 Å². The SMILES string of the molecule is CCCOCCOCCOCCOCCOCCOCCOCCOCCOCCOCCOCCOCCOCCOCCOCCOCCOCCOCCOCCOCCOCCOCCOCCOCCOCCOCCOCCOCCOCCOCCOCCOCCOCCOCCOCCOCCOCCOCCOCCOCCOCCOCCOCCOCCO. The average molecular weight is 2000 g/mol. The standard InChI is InChI=1S/C91H184O45/c1-2-4-93-6-8-95-10-12-97-14-16-99-18-20-101-22-24-103-26-28-105-30-32-107-34-36-109-38-40-111-42-44-113-46-48-115-50-52-117-54-56-119-58-60-121-62-64-123-66-68-125-70-72-127-74-76-129-78-80-131-82-84-133-86-88-135-90-91-136-89-87-134-85-83-132-81-79-130-77-75-128-73-71-126-69-67-124-65-63-122-61-59-120-57-55-118-53-51-116-49-47-114-45-43-112-41-39-110-37-35-108-33-31-106-29-27-104-25-23-102-21-19-100-17-15-98-13-11-96-9-7-94-5-3-92/h92H,2-91H2,1H3. The van der Waals surface area contributed by atoms with Gasteiger partial charge >= 0.3 is 0 Å². The van der Waals surface area contributed by atoms with Crippen molar-refractivity contribution in [3.05, 3.63) is 0 Å². The van der Waals surface area contributed by atoms with Gasteiger partial charge in [-0.2, -0.15) is 0 Å². The van der Waals surface area contributed by atoms with Crippen LogP contribution in [0.1, 0.15) is 13.3 Å². The van der Waals surface area contributed by atoms with Crippen LogP contribution < -0.4 is 0 Å². The fourth-order valence-corrected chi connectivity index (χ4v) is 9.77. The third-order valence-electron chi connectivity index (χ3n) is 16.6. The molecule has 1 N–H and O–H groups in total. The predicted molar refractivity (Wildman–Crippen MR) is 493 cm³/mol. The number of aliphatic hydroxyl groups excluding tert-OH is 1. The molecule has 45 heteroatoms. The summed E-state index contributed by atoms with van der Waals surface area (Å²) in [5, 5.41) is 8.63. The Morgan fingerprint density at radius 3 is 0.162 bits per heavy atom. The van der Waals surface area contributed by atoms with E-state index in [1.165, 1.54) is 0 Å². The topological polar surface area (TPSA) is 426 Å². The van der Waals surface area contributed by atoms with Crippen LogP contribution in [0.5, 0.6) is 0 Å². The van der Waals surface area contributed by atoms with Crippen LogP contribution >= 0.6 is 0 Å². The lowest BCUT2D eigenvalue weighted by Gasteiger charge is -2.09. The zero-order valence-corrected chi connectivity index (χ0v) is 83.0. The fourth-order valence-electron chi connectivity index (χ4n) is 9.77. The zero-order chi connectivity index (χ0) is 96.8. The normalized spacial score (nSPS) is 11.9. The molecule has 0 aromatic carbocycles. The first-order valence-electron chi connectivity index (χ1n) is 48.9. The molecule has 818 valence electrons. The molecule has 45 nitrogen and oxygen atoms in total. The molecule has 0 amide bonds. The van der Waals surface area contributed by atoms with Crippen molar-refractivity contribution in [1.82, 2.24) is 0 Å². The summed E-state index contributed by atoms with van der Waals surface area (Å²) >= 11 is 0. The highest BCUT2D eigenvalue weighted by atomic mass is 16.7. The molecule has 0 saturated carbocycles. The summed E-state index contributed by atoms with van der Waals surface area (Å²) in [6, 6.07) is 0. The molecule has 0 radical (unpaired) electrons. The van der Waals surface area contributed by atoms with Gasteiger partial charge in [-0.3, -0.25) is 0 Å². The van der Waals surface area contributed by atoms with Crippen LogP contribution in [-0.2, 0) is 208 Å². The van der Waals surface area contributed by atoms with Gasteiger partial charge in [-0.05, 0) is 6.42 Å². The van der Waals surface area contributed by atoms with E-state index in [9.17, 15) is 0 Å². The van der Waals surface area contributed by atoms with Gasteiger partial charge in [0.15, 0.2) is 0 Å². The minimum absolute atomic E-state index is 0.0144. The van der Waals surface area contributed by atoms with E-state index in [1.54, 1.807) is 0 Å². The summed E-state index contributed by atoms with van der Waals surface area (Å²) in [4.78, 5) is 0. The van der Waals surface area contributed by atoms with Crippen LogP contribution in [0.25, 0.3) is 0 Å². The number of hydrogen-bond acceptors (Lipinski definition) is 45. The van der Waals surface area contributed by atoms with Gasteiger partial charge in [0.1, 0.15) is 0 Å². The Hall–Kier alpha value is -1.80. The molecule has 0 aromatic heterocycles. The molecule has 0 aliphatic heterocycles. The number of rotatable bonds is 133. The van der Waals surface area contributed by atoms with Crippen molar-refractivity contribution >= 4 is 0 Å². The summed E-state index contributed by atoms with van der Waals surface area (Å²) in [5.74, 6) is 0. The maximum absolute atomic E-state index is 8.63. The van der Waals surface area contributed by atoms with Crippen LogP contribution in [0.2, 0.25) is 0 Å². The van der Waals surface area contributed by atoms with Gasteiger partial charge in [0, 0.05) is 6.61 Å². The molecule has 0 bridgehead atoms. The van der Waals surface area contributed by atoms with E-state index in [0.29, 0.717) is 575 Å². The van der Waals surface area contributed by atoms with E-state index in [1.807, 2.05) is 0 Å². The third kappa shape index (κ3) is 132. The molecular formula is C91H184O45. The number of hydrogen-bond donors (Lipinski definition) is 1. The summed E-state index contributed by atoms with van der Waals surface area (Å²) in [6.45, 7) is 44.9. The van der Waals surface area contributed by atoms with Gasteiger partial charge in [-0.1, -0.05) is 6.92 Å². The van der Waals surface area contributed by atoms with Gasteiger partial charge in [-0.15, -0.1) is 0 Å². The Kier molecular flexibility index (Phi) is 131. The maximum atomic E-state index is 8.63. The van der Waals surface area contributed by atoms with E-state index in [-0.39, 0.29) is 6.61 Å². The minimum atomic E-state index is 0.0144. The monoisotopic (exact) mass is 2000 g/mol.